The van der Waals surface area contributed by atoms with E-state index in [4.69, 9.17) is 0 Å². The molecule has 2 rings (SSSR count). The van der Waals surface area contributed by atoms with Crippen LogP contribution < -0.4 is 10.6 Å². The van der Waals surface area contributed by atoms with Gasteiger partial charge >= 0.3 is 5.97 Å². The van der Waals surface area contributed by atoms with Crippen LogP contribution in [0.2, 0.25) is 0 Å². The SMILES string of the molecule is COC(=O)c1ccc(NCCC2CCCN2)cc1. The largest absolute Gasteiger partial charge is 0.465 e. The molecule has 4 nitrogen and oxygen atoms in total. The smallest absolute Gasteiger partial charge is 0.337 e. The number of methoxy groups -OCH3 is 1. The summed E-state index contributed by atoms with van der Waals surface area (Å²) in [7, 11) is 1.39. The van der Waals surface area contributed by atoms with Gasteiger partial charge in [0, 0.05) is 18.3 Å². The van der Waals surface area contributed by atoms with Crippen molar-refractivity contribution >= 4 is 11.7 Å². The van der Waals surface area contributed by atoms with Gasteiger partial charge in [0.1, 0.15) is 0 Å². The molecule has 0 bridgehead atoms. The van der Waals surface area contributed by atoms with Crippen LogP contribution in [-0.4, -0.2) is 32.2 Å². The van der Waals surface area contributed by atoms with Gasteiger partial charge < -0.3 is 15.4 Å². The monoisotopic (exact) mass is 248 g/mol. The third kappa shape index (κ3) is 3.47. The molecule has 18 heavy (non-hydrogen) atoms. The van der Waals surface area contributed by atoms with Crippen molar-refractivity contribution in [1.82, 2.24) is 5.32 Å². The Labute approximate surface area is 108 Å². The number of carbonyl (C=O) groups excluding carboxylic acids is 1. The molecule has 2 N–H and O–H groups in total. The highest BCUT2D eigenvalue weighted by molar-refractivity contribution is 5.89. The highest BCUT2D eigenvalue weighted by Crippen LogP contribution is 2.12. The standard InChI is InChI=1S/C14H20N2O2/c1-18-14(17)11-4-6-13(7-5-11)16-10-8-12-3-2-9-15-12/h4-7,12,15-16H,2-3,8-10H2,1H3. The lowest BCUT2D eigenvalue weighted by Crippen LogP contribution is -2.24. The van der Waals surface area contributed by atoms with Crippen LogP contribution in [-0.2, 0) is 4.74 Å². The van der Waals surface area contributed by atoms with Crippen LogP contribution in [0, 0.1) is 0 Å². The Bertz CT molecular complexity index is 383. The van der Waals surface area contributed by atoms with Crippen LogP contribution in [0.4, 0.5) is 5.69 Å². The molecule has 0 amide bonds. The Morgan fingerprint density at radius 2 is 2.22 bits per heavy atom. The van der Waals surface area contributed by atoms with E-state index in [-0.39, 0.29) is 5.97 Å². The van der Waals surface area contributed by atoms with Crippen molar-refractivity contribution in [1.29, 1.82) is 0 Å². The van der Waals surface area contributed by atoms with Crippen LogP contribution >= 0.6 is 0 Å². The molecular formula is C14H20N2O2. The summed E-state index contributed by atoms with van der Waals surface area (Å²) in [5, 5.41) is 6.84. The Hall–Kier alpha value is -1.55. The van der Waals surface area contributed by atoms with E-state index in [1.165, 1.54) is 20.0 Å². The first kappa shape index (κ1) is 12.9. The number of esters is 1. The third-order valence-electron chi connectivity index (χ3n) is 3.29. The predicted octanol–water partition coefficient (Wildman–Crippen LogP) is 2.03. The lowest BCUT2D eigenvalue weighted by molar-refractivity contribution is 0.0601. The minimum absolute atomic E-state index is 0.295. The fourth-order valence-electron chi connectivity index (χ4n) is 2.24. The van der Waals surface area contributed by atoms with E-state index < -0.39 is 0 Å². The summed E-state index contributed by atoms with van der Waals surface area (Å²) < 4.78 is 4.66. The zero-order chi connectivity index (χ0) is 12.8. The summed E-state index contributed by atoms with van der Waals surface area (Å²) in [6.45, 7) is 2.10. The fraction of sp³-hybridized carbons (Fsp3) is 0.500. The molecule has 1 unspecified atom stereocenters. The van der Waals surface area contributed by atoms with Gasteiger partial charge in [-0.25, -0.2) is 4.79 Å². The van der Waals surface area contributed by atoms with Gasteiger partial charge in [0.25, 0.3) is 0 Å². The zero-order valence-corrected chi connectivity index (χ0v) is 10.7. The van der Waals surface area contributed by atoms with Gasteiger partial charge in [-0.2, -0.15) is 0 Å². The molecule has 0 radical (unpaired) electrons. The molecule has 0 saturated carbocycles. The van der Waals surface area contributed by atoms with Crippen LogP contribution in [0.3, 0.4) is 0 Å². The highest BCUT2D eigenvalue weighted by atomic mass is 16.5. The topological polar surface area (TPSA) is 50.4 Å². The van der Waals surface area contributed by atoms with E-state index in [1.807, 2.05) is 12.1 Å². The van der Waals surface area contributed by atoms with Crippen LogP contribution in [0.1, 0.15) is 29.6 Å². The Balaban J connectivity index is 1.77. The molecule has 1 atom stereocenters. The van der Waals surface area contributed by atoms with Gasteiger partial charge in [0.2, 0.25) is 0 Å². The van der Waals surface area contributed by atoms with E-state index in [0.717, 1.165) is 25.2 Å². The van der Waals surface area contributed by atoms with Crippen molar-refractivity contribution in [2.75, 3.05) is 25.5 Å². The normalized spacial score (nSPS) is 18.6. The molecule has 98 valence electrons. The second-order valence-electron chi connectivity index (χ2n) is 4.58. The predicted molar refractivity (Wildman–Crippen MR) is 71.9 cm³/mol. The second kappa shape index (κ2) is 6.40. The second-order valence-corrected chi connectivity index (χ2v) is 4.58. The van der Waals surface area contributed by atoms with Gasteiger partial charge in [-0.1, -0.05) is 0 Å². The number of hydrogen-bond donors (Lipinski definition) is 2. The van der Waals surface area contributed by atoms with Crippen molar-refractivity contribution in [3.05, 3.63) is 29.8 Å². The zero-order valence-electron chi connectivity index (χ0n) is 10.7. The molecule has 0 aliphatic carbocycles. The first-order chi connectivity index (χ1) is 8.79. The average Bonchev–Trinajstić information content (AvgIpc) is 2.92. The average molecular weight is 248 g/mol. The van der Waals surface area contributed by atoms with Crippen molar-refractivity contribution in [3.8, 4) is 0 Å². The molecular weight excluding hydrogens is 228 g/mol. The maximum absolute atomic E-state index is 11.3. The van der Waals surface area contributed by atoms with Crippen molar-refractivity contribution in [2.24, 2.45) is 0 Å². The molecule has 0 spiro atoms. The summed E-state index contributed by atoms with van der Waals surface area (Å²) in [5.41, 5.74) is 1.63. The molecule has 1 heterocycles. The highest BCUT2D eigenvalue weighted by Gasteiger charge is 2.12. The minimum Gasteiger partial charge on any atom is -0.465 e. The molecule has 1 aromatic rings. The Morgan fingerprint density at radius 1 is 1.44 bits per heavy atom. The van der Waals surface area contributed by atoms with E-state index >= 15 is 0 Å². The first-order valence-electron chi connectivity index (χ1n) is 6.45. The molecule has 1 aromatic carbocycles. The molecule has 4 heteroatoms. The van der Waals surface area contributed by atoms with E-state index in [0.29, 0.717) is 11.6 Å². The molecule has 1 aliphatic heterocycles. The summed E-state index contributed by atoms with van der Waals surface area (Å²) in [6.07, 6.45) is 3.71. The minimum atomic E-state index is -0.295. The van der Waals surface area contributed by atoms with Crippen LogP contribution in [0.15, 0.2) is 24.3 Å². The number of benzene rings is 1. The van der Waals surface area contributed by atoms with Gasteiger partial charge in [-0.3, -0.25) is 0 Å². The maximum atomic E-state index is 11.3. The van der Waals surface area contributed by atoms with E-state index in [2.05, 4.69) is 15.4 Å². The quantitative estimate of drug-likeness (QED) is 0.783. The van der Waals surface area contributed by atoms with Crippen molar-refractivity contribution < 1.29 is 9.53 Å². The number of anilines is 1. The lowest BCUT2D eigenvalue weighted by Gasteiger charge is -2.11. The van der Waals surface area contributed by atoms with Crippen molar-refractivity contribution in [2.45, 2.75) is 25.3 Å². The van der Waals surface area contributed by atoms with Crippen molar-refractivity contribution in [3.63, 3.8) is 0 Å². The summed E-state index contributed by atoms with van der Waals surface area (Å²) in [4.78, 5) is 11.3. The summed E-state index contributed by atoms with van der Waals surface area (Å²) in [6, 6.07) is 8.04. The van der Waals surface area contributed by atoms with E-state index in [1.54, 1.807) is 12.1 Å². The fourth-order valence-corrected chi connectivity index (χ4v) is 2.24. The van der Waals surface area contributed by atoms with Gasteiger partial charge in [0.05, 0.1) is 12.7 Å². The molecule has 1 fully saturated rings. The molecule has 0 aromatic heterocycles. The Morgan fingerprint density at radius 3 is 2.83 bits per heavy atom. The number of rotatable bonds is 5. The number of nitrogens with one attached hydrogen (secondary N) is 2. The first-order valence-corrected chi connectivity index (χ1v) is 6.45. The molecule has 1 aliphatic rings. The number of ether oxygens (including phenoxy) is 1. The third-order valence-corrected chi connectivity index (χ3v) is 3.29. The van der Waals surface area contributed by atoms with E-state index in [9.17, 15) is 4.79 Å². The summed E-state index contributed by atoms with van der Waals surface area (Å²) >= 11 is 0. The van der Waals surface area contributed by atoms with Crippen LogP contribution in [0.25, 0.3) is 0 Å². The molecule has 1 saturated heterocycles. The lowest BCUT2D eigenvalue weighted by atomic mass is 10.1. The number of hydrogen-bond acceptors (Lipinski definition) is 4. The van der Waals surface area contributed by atoms with Gasteiger partial charge in [0.15, 0.2) is 0 Å². The van der Waals surface area contributed by atoms with Gasteiger partial charge in [-0.05, 0) is 50.1 Å². The number of carbonyl (C=O) groups is 1. The van der Waals surface area contributed by atoms with Crippen LogP contribution in [0.5, 0.6) is 0 Å². The van der Waals surface area contributed by atoms with Gasteiger partial charge in [-0.15, -0.1) is 0 Å². The Kier molecular flexibility index (Phi) is 4.59. The summed E-state index contributed by atoms with van der Waals surface area (Å²) in [5.74, 6) is -0.295. The maximum Gasteiger partial charge on any atom is 0.337 e.